The molecule has 0 aliphatic rings. The van der Waals surface area contributed by atoms with Crippen molar-refractivity contribution in [2.45, 2.75) is 50.3 Å². The molecule has 0 unspecified atom stereocenters. The highest BCUT2D eigenvalue weighted by Gasteiger charge is 2.14. The highest BCUT2D eigenvalue weighted by atomic mass is 35.5. The molecule has 0 spiro atoms. The molecule has 0 fully saturated rings. The molecule has 0 aromatic heterocycles. The highest BCUT2D eigenvalue weighted by Crippen LogP contribution is 2.22. The van der Waals surface area contributed by atoms with E-state index in [1.54, 1.807) is 0 Å². The lowest BCUT2D eigenvalue weighted by molar-refractivity contribution is 0.567. The van der Waals surface area contributed by atoms with Gasteiger partial charge in [0.2, 0.25) is 10.0 Å². The van der Waals surface area contributed by atoms with E-state index < -0.39 is 10.0 Å². The van der Waals surface area contributed by atoms with Gasteiger partial charge in [-0.1, -0.05) is 62.2 Å². The van der Waals surface area contributed by atoms with Crippen molar-refractivity contribution in [1.82, 2.24) is 4.72 Å². The van der Waals surface area contributed by atoms with Crippen molar-refractivity contribution in [3.63, 3.8) is 0 Å². The largest absolute Gasteiger partial charge is 0.240 e. The first-order valence-corrected chi connectivity index (χ1v) is 9.15. The summed E-state index contributed by atoms with van der Waals surface area (Å²) >= 11 is 11.6. The molecule has 0 heterocycles. The molecule has 6 heteroatoms. The molecule has 0 aliphatic carbocycles. The number of nitrogens with one attached hydrogen (secondary N) is 1. The summed E-state index contributed by atoms with van der Waals surface area (Å²) in [4.78, 5) is 0.112. The molecule has 1 aromatic rings. The fraction of sp³-hybridized carbons (Fsp3) is 0.571. The first kappa shape index (κ1) is 17.8. The van der Waals surface area contributed by atoms with Crippen LogP contribution >= 0.6 is 23.2 Å². The number of unbranched alkanes of at least 4 members (excludes halogenated alkanes) is 5. The van der Waals surface area contributed by atoms with Gasteiger partial charge in [0.25, 0.3) is 0 Å². The van der Waals surface area contributed by atoms with Gasteiger partial charge < -0.3 is 0 Å². The van der Waals surface area contributed by atoms with E-state index in [1.807, 2.05) is 0 Å². The quantitative estimate of drug-likeness (QED) is 0.667. The van der Waals surface area contributed by atoms with Crippen LogP contribution in [0.4, 0.5) is 0 Å². The van der Waals surface area contributed by atoms with Crippen LogP contribution in [0.5, 0.6) is 0 Å². The number of hydrogen-bond donors (Lipinski definition) is 1. The molecule has 0 radical (unpaired) electrons. The van der Waals surface area contributed by atoms with E-state index in [4.69, 9.17) is 23.2 Å². The third kappa shape index (κ3) is 6.44. The molecule has 1 N–H and O–H groups in total. The Morgan fingerprint density at radius 3 is 2.10 bits per heavy atom. The number of halogens is 2. The molecule has 114 valence electrons. The second-order valence-corrected chi connectivity index (χ2v) is 7.41. The van der Waals surface area contributed by atoms with E-state index in [1.165, 1.54) is 37.5 Å². The minimum absolute atomic E-state index is 0.112. The number of rotatable bonds is 9. The van der Waals surface area contributed by atoms with Gasteiger partial charge in [-0.3, -0.25) is 0 Å². The monoisotopic (exact) mass is 337 g/mol. The SMILES string of the molecule is CCCCCCCCNS(=O)(=O)c1cc(Cl)cc(Cl)c1. The minimum atomic E-state index is -3.52. The van der Waals surface area contributed by atoms with Gasteiger partial charge in [-0.05, 0) is 24.6 Å². The predicted octanol–water partition coefficient (Wildman–Crippen LogP) is 4.63. The van der Waals surface area contributed by atoms with E-state index in [0.29, 0.717) is 16.6 Å². The lowest BCUT2D eigenvalue weighted by Crippen LogP contribution is -2.24. The second kappa shape index (κ2) is 8.88. The van der Waals surface area contributed by atoms with Crippen LogP contribution < -0.4 is 4.72 Å². The second-order valence-electron chi connectivity index (χ2n) is 4.77. The van der Waals surface area contributed by atoms with Crippen molar-refractivity contribution in [3.8, 4) is 0 Å². The van der Waals surface area contributed by atoms with Crippen LogP contribution in [0.1, 0.15) is 45.4 Å². The van der Waals surface area contributed by atoms with Crippen molar-refractivity contribution < 1.29 is 8.42 Å². The fourth-order valence-corrected chi connectivity index (χ4v) is 3.68. The van der Waals surface area contributed by atoms with Gasteiger partial charge in [0.1, 0.15) is 0 Å². The first-order chi connectivity index (χ1) is 9.45. The molecular formula is C14H21Cl2NO2S. The maximum Gasteiger partial charge on any atom is 0.240 e. The molecule has 20 heavy (non-hydrogen) atoms. The summed E-state index contributed by atoms with van der Waals surface area (Å²) < 4.78 is 26.7. The topological polar surface area (TPSA) is 46.2 Å². The Kier molecular flexibility index (Phi) is 7.88. The molecule has 1 aromatic carbocycles. The van der Waals surface area contributed by atoms with Crippen molar-refractivity contribution in [1.29, 1.82) is 0 Å². The lowest BCUT2D eigenvalue weighted by Gasteiger charge is -2.07. The van der Waals surface area contributed by atoms with E-state index in [-0.39, 0.29) is 4.90 Å². The Labute approximate surface area is 131 Å². The Morgan fingerprint density at radius 1 is 0.950 bits per heavy atom. The number of benzene rings is 1. The van der Waals surface area contributed by atoms with Crippen LogP contribution in [0.3, 0.4) is 0 Å². The fourth-order valence-electron chi connectivity index (χ4n) is 1.88. The Bertz CT molecular complexity index is 498. The first-order valence-electron chi connectivity index (χ1n) is 6.91. The molecule has 0 aliphatic heterocycles. The van der Waals surface area contributed by atoms with Crippen LogP contribution in [-0.4, -0.2) is 15.0 Å². The summed E-state index contributed by atoms with van der Waals surface area (Å²) in [6, 6.07) is 4.31. The van der Waals surface area contributed by atoms with Gasteiger partial charge in [0.15, 0.2) is 0 Å². The molecule has 0 saturated carbocycles. The van der Waals surface area contributed by atoms with E-state index in [9.17, 15) is 8.42 Å². The summed E-state index contributed by atoms with van der Waals surface area (Å²) in [6.07, 6.45) is 6.71. The zero-order valence-corrected chi connectivity index (χ0v) is 14.0. The highest BCUT2D eigenvalue weighted by molar-refractivity contribution is 7.89. The van der Waals surface area contributed by atoms with Crippen molar-refractivity contribution >= 4 is 33.2 Å². The zero-order chi connectivity index (χ0) is 15.0. The lowest BCUT2D eigenvalue weighted by atomic mass is 10.1. The van der Waals surface area contributed by atoms with Gasteiger partial charge in [-0.15, -0.1) is 0 Å². The minimum Gasteiger partial charge on any atom is -0.211 e. The molecular weight excluding hydrogens is 317 g/mol. The maximum atomic E-state index is 12.0. The predicted molar refractivity (Wildman–Crippen MR) is 85.0 cm³/mol. The summed E-state index contributed by atoms with van der Waals surface area (Å²) in [6.45, 7) is 2.61. The molecule has 0 bridgehead atoms. The van der Waals surface area contributed by atoms with Gasteiger partial charge in [-0.25, -0.2) is 13.1 Å². The van der Waals surface area contributed by atoms with Crippen LogP contribution in [0.15, 0.2) is 23.1 Å². The van der Waals surface area contributed by atoms with Crippen molar-refractivity contribution in [2.75, 3.05) is 6.54 Å². The molecule has 3 nitrogen and oxygen atoms in total. The Hall–Kier alpha value is -0.290. The van der Waals surface area contributed by atoms with Crippen LogP contribution in [-0.2, 0) is 10.0 Å². The van der Waals surface area contributed by atoms with Gasteiger partial charge in [-0.2, -0.15) is 0 Å². The standard InChI is InChI=1S/C14H21Cl2NO2S/c1-2-3-4-5-6-7-8-17-20(18,19)14-10-12(15)9-13(16)11-14/h9-11,17H,2-8H2,1H3. The van der Waals surface area contributed by atoms with Gasteiger partial charge >= 0.3 is 0 Å². The zero-order valence-electron chi connectivity index (χ0n) is 11.7. The third-order valence-electron chi connectivity index (χ3n) is 2.97. The average molecular weight is 338 g/mol. The van der Waals surface area contributed by atoms with Crippen LogP contribution in [0, 0.1) is 0 Å². The normalized spacial score (nSPS) is 11.8. The Morgan fingerprint density at radius 2 is 1.50 bits per heavy atom. The summed E-state index contributed by atoms with van der Waals surface area (Å²) in [5, 5.41) is 0.634. The maximum absolute atomic E-state index is 12.0. The van der Waals surface area contributed by atoms with E-state index in [2.05, 4.69) is 11.6 Å². The Balaban J connectivity index is 2.42. The van der Waals surface area contributed by atoms with Crippen LogP contribution in [0.25, 0.3) is 0 Å². The van der Waals surface area contributed by atoms with E-state index >= 15 is 0 Å². The third-order valence-corrected chi connectivity index (χ3v) is 4.85. The van der Waals surface area contributed by atoms with Crippen molar-refractivity contribution in [3.05, 3.63) is 28.2 Å². The molecule has 0 saturated heterocycles. The van der Waals surface area contributed by atoms with Crippen LogP contribution in [0.2, 0.25) is 10.0 Å². The number of sulfonamides is 1. The van der Waals surface area contributed by atoms with Crippen molar-refractivity contribution in [2.24, 2.45) is 0 Å². The smallest absolute Gasteiger partial charge is 0.211 e. The number of hydrogen-bond acceptors (Lipinski definition) is 2. The van der Waals surface area contributed by atoms with Gasteiger partial charge in [0.05, 0.1) is 4.90 Å². The summed E-state index contributed by atoms with van der Waals surface area (Å²) in [5.41, 5.74) is 0. The van der Waals surface area contributed by atoms with E-state index in [0.717, 1.165) is 19.3 Å². The molecule has 0 atom stereocenters. The summed E-state index contributed by atoms with van der Waals surface area (Å²) in [5.74, 6) is 0. The molecule has 0 amide bonds. The average Bonchev–Trinajstić information content (AvgIpc) is 2.36. The molecule has 1 rings (SSSR count). The van der Waals surface area contributed by atoms with Gasteiger partial charge in [0, 0.05) is 16.6 Å². The summed E-state index contributed by atoms with van der Waals surface area (Å²) in [7, 11) is -3.52.